The summed E-state index contributed by atoms with van der Waals surface area (Å²) in [5, 5.41) is 108. The van der Waals surface area contributed by atoms with Crippen molar-refractivity contribution in [2.75, 3.05) is 47.3 Å². The van der Waals surface area contributed by atoms with E-state index in [0.29, 0.717) is 39.1 Å². The molecule has 0 heterocycles. The van der Waals surface area contributed by atoms with Gasteiger partial charge in [-0.2, -0.15) is 0 Å². The first kappa shape index (κ1) is 128. The van der Waals surface area contributed by atoms with Gasteiger partial charge in [0.25, 0.3) is 0 Å². The third kappa shape index (κ3) is 267. The van der Waals surface area contributed by atoms with E-state index < -0.39 is 0 Å². The van der Waals surface area contributed by atoms with Gasteiger partial charge < -0.3 is 28.4 Å². The lowest BCUT2D eigenvalue weighted by molar-refractivity contribution is -0.284. The number of hydrogen-bond donors (Lipinski definition) is 14. The molecule has 5 unspecified atom stereocenters. The molecule has 0 aromatic heterocycles. The van der Waals surface area contributed by atoms with Gasteiger partial charge in [-0.05, 0) is 228 Å². The minimum absolute atomic E-state index is 0.00316. The molecule has 14 N–H and O–H groups in total. The Morgan fingerprint density at radius 2 is 0.258 bits per heavy atom. The molecule has 0 aromatic rings. The fourth-order valence-electron chi connectivity index (χ4n) is 1.66. The monoisotopic (exact) mass is 1400 g/mol. The van der Waals surface area contributed by atoms with Crippen LogP contribution >= 0.6 is 0 Å². The van der Waals surface area contributed by atoms with E-state index in [-0.39, 0.29) is 110 Å². The lowest BCUT2D eigenvalue weighted by Crippen LogP contribution is -2.29. The van der Waals surface area contributed by atoms with Crippen molar-refractivity contribution in [2.24, 2.45) is 0 Å². The third-order valence-electron chi connectivity index (χ3n) is 6.26. The van der Waals surface area contributed by atoms with Crippen LogP contribution in [0.4, 0.5) is 0 Å². The molecule has 93 heavy (non-hydrogen) atoms. The fraction of sp³-hybridized carbons (Fsp3) is 1.00. The van der Waals surface area contributed by atoms with Gasteiger partial charge in [0.1, 0.15) is 6.10 Å². The standard InChI is InChI=1S/C16H34O7.C4H10O.13C3H8O2/c1-12(7-18-6)19-8-13(2)20-9-14(3)21-10-15(4)22-11-16(5)23-17;1-4(2)5-3;13*1-3(2)5-4/h12-17H,7-11H2,1-6H3;4H,1-3H3;13*3-4H,1-2H3. The van der Waals surface area contributed by atoms with Gasteiger partial charge in [0.15, 0.2) is 0 Å². The lowest BCUT2D eigenvalue weighted by atomic mass is 10.3. The van der Waals surface area contributed by atoms with Gasteiger partial charge in [-0.15, -0.1) is 0 Å². The molecule has 34 nitrogen and oxygen atoms in total. The predicted octanol–water partition coefficient (Wildman–Crippen LogP) is 14.7. The van der Waals surface area contributed by atoms with E-state index in [1.165, 1.54) is 0 Å². The van der Waals surface area contributed by atoms with Gasteiger partial charge in [0.05, 0.1) is 143 Å². The largest absolute Gasteiger partial charge is 0.382 e. The Hall–Kier alpha value is -1.36. The summed E-state index contributed by atoms with van der Waals surface area (Å²) < 4.78 is 32.2. The average molecular weight is 1400 g/mol. The van der Waals surface area contributed by atoms with Crippen molar-refractivity contribution in [3.8, 4) is 0 Å². The zero-order valence-electron chi connectivity index (χ0n) is 63.9. The summed E-state index contributed by atoms with van der Waals surface area (Å²) in [5.41, 5.74) is 0. The highest BCUT2D eigenvalue weighted by molar-refractivity contribution is 4.57. The molecule has 588 valence electrons. The van der Waals surface area contributed by atoms with Crippen LogP contribution in [-0.4, -0.2) is 237 Å². The molecule has 5 atom stereocenters. The average Bonchev–Trinajstić information content (AvgIpc) is 3.52. The van der Waals surface area contributed by atoms with Gasteiger partial charge >= 0.3 is 0 Å². The van der Waals surface area contributed by atoms with Crippen LogP contribution in [0.25, 0.3) is 0 Å². The number of ether oxygens (including phenoxy) is 6. The fourth-order valence-corrected chi connectivity index (χ4v) is 1.66. The first-order chi connectivity index (χ1) is 42.7. The number of rotatable bonds is 29. The van der Waals surface area contributed by atoms with E-state index in [0.717, 1.165) is 0 Å². The van der Waals surface area contributed by atoms with Crippen LogP contribution in [0, 0.1) is 0 Å². The predicted molar refractivity (Wildman–Crippen MR) is 354 cm³/mol. The van der Waals surface area contributed by atoms with Crippen LogP contribution in [0.5, 0.6) is 0 Å². The van der Waals surface area contributed by atoms with Crippen LogP contribution < -0.4 is 0 Å². The second-order valence-electron chi connectivity index (χ2n) is 22.2. The Balaban J connectivity index is -0.0000000570. The molecule has 0 saturated heterocycles. The highest BCUT2D eigenvalue weighted by Gasteiger charge is 2.12. The van der Waals surface area contributed by atoms with Gasteiger partial charge in [-0.3, -0.25) is 73.6 Å². The van der Waals surface area contributed by atoms with Gasteiger partial charge in [0.2, 0.25) is 0 Å². The summed E-state index contributed by atoms with van der Waals surface area (Å²) in [4.78, 5) is 52.9. The summed E-state index contributed by atoms with van der Waals surface area (Å²) >= 11 is 0. The second kappa shape index (κ2) is 112. The molecule has 0 rings (SSSR count). The maximum atomic E-state index is 8.45. The summed E-state index contributed by atoms with van der Waals surface area (Å²) in [6.07, 6.45) is -0.804. The summed E-state index contributed by atoms with van der Waals surface area (Å²) in [6.45, 7) is 61.4. The molecular formula is C59H148O34. The molecule has 0 fully saturated rings. The van der Waals surface area contributed by atoms with E-state index in [4.69, 9.17) is 102 Å². The first-order valence-corrected chi connectivity index (χ1v) is 30.4. The van der Waals surface area contributed by atoms with Crippen LogP contribution in [0.15, 0.2) is 0 Å². The van der Waals surface area contributed by atoms with Crippen molar-refractivity contribution in [1.29, 1.82) is 0 Å². The zero-order valence-corrected chi connectivity index (χ0v) is 63.9. The molecule has 0 spiro atoms. The molecule has 0 aromatic carbocycles. The smallest absolute Gasteiger partial charge is 0.113 e. The molecule has 34 heteroatoms. The molecule has 0 radical (unpaired) electrons. The van der Waals surface area contributed by atoms with Gasteiger partial charge in [-0.25, -0.2) is 68.4 Å². The molecule has 0 amide bonds. The van der Waals surface area contributed by atoms with Crippen LogP contribution in [0.1, 0.15) is 228 Å². The molecule has 0 saturated carbocycles. The zero-order chi connectivity index (χ0) is 77.6. The van der Waals surface area contributed by atoms with E-state index in [2.05, 4.69) is 68.4 Å². The topological polar surface area (TPSA) is 468 Å². The van der Waals surface area contributed by atoms with Crippen molar-refractivity contribution in [2.45, 2.75) is 344 Å². The van der Waals surface area contributed by atoms with Crippen molar-refractivity contribution >= 4 is 0 Å². The van der Waals surface area contributed by atoms with Crippen LogP contribution in [0.2, 0.25) is 0 Å². The Labute approximate surface area is 560 Å². The summed E-state index contributed by atoms with van der Waals surface area (Å²) in [5.74, 6) is 0. The van der Waals surface area contributed by atoms with Crippen molar-refractivity contribution < 1.29 is 170 Å². The Morgan fingerprint density at radius 1 is 0.161 bits per heavy atom. The highest BCUT2D eigenvalue weighted by atomic mass is 17.1. The molecular weight excluding hydrogens is 1250 g/mol. The second-order valence-corrected chi connectivity index (χ2v) is 22.2. The van der Waals surface area contributed by atoms with Crippen molar-refractivity contribution in [3.05, 3.63) is 0 Å². The van der Waals surface area contributed by atoms with Crippen molar-refractivity contribution in [1.82, 2.24) is 0 Å². The third-order valence-corrected chi connectivity index (χ3v) is 6.26. The van der Waals surface area contributed by atoms with Gasteiger partial charge in [0, 0.05) is 14.2 Å². The van der Waals surface area contributed by atoms with Crippen molar-refractivity contribution in [3.63, 3.8) is 0 Å². The maximum Gasteiger partial charge on any atom is 0.113 e. The number of hydrogen-bond acceptors (Lipinski definition) is 34. The van der Waals surface area contributed by atoms with Crippen LogP contribution in [0.3, 0.4) is 0 Å². The Bertz CT molecular complexity index is 890. The minimum Gasteiger partial charge on any atom is -0.382 e. The Kier molecular flexibility index (Phi) is 154. The lowest BCUT2D eigenvalue weighted by Gasteiger charge is -2.21. The minimum atomic E-state index is -0.348. The van der Waals surface area contributed by atoms with Crippen LogP contribution in [-0.2, 0) is 96.8 Å². The molecule has 0 aliphatic rings. The molecule has 0 aliphatic heterocycles. The van der Waals surface area contributed by atoms with E-state index >= 15 is 0 Å². The van der Waals surface area contributed by atoms with E-state index in [9.17, 15) is 0 Å². The first-order valence-electron chi connectivity index (χ1n) is 30.4. The highest BCUT2D eigenvalue weighted by Crippen LogP contribution is 2.03. The van der Waals surface area contributed by atoms with Gasteiger partial charge in [-0.1, -0.05) is 0 Å². The van der Waals surface area contributed by atoms with E-state index in [1.807, 2.05) is 41.5 Å². The SMILES string of the molecule is CC(C)OO.CC(C)OO.CC(C)OO.CC(C)OO.CC(C)OO.CC(C)OO.CC(C)OO.CC(C)OO.CC(C)OO.CC(C)OO.CC(C)OO.CC(C)OO.CC(C)OO.COC(C)C.COCC(C)OCC(C)OCC(C)OCC(C)OCC(C)OO. The molecule has 0 aliphatic carbocycles. The maximum absolute atomic E-state index is 8.45. The quantitative estimate of drug-likeness (QED) is 0.0244. The normalized spacial score (nSPS) is 11.8. The molecule has 0 bridgehead atoms. The summed E-state index contributed by atoms with van der Waals surface area (Å²) in [6, 6.07) is 0. The summed E-state index contributed by atoms with van der Waals surface area (Å²) in [7, 11) is 3.35. The number of methoxy groups -OCH3 is 2. The Morgan fingerprint density at radius 3 is 0.333 bits per heavy atom. The van der Waals surface area contributed by atoms with E-state index in [1.54, 1.807) is 201 Å².